The van der Waals surface area contributed by atoms with E-state index in [0.717, 1.165) is 103 Å². The fraction of sp³-hybridized carbons (Fsp3) is 0.697. The van der Waals surface area contributed by atoms with Crippen LogP contribution in [0, 0.1) is 0 Å². The van der Waals surface area contributed by atoms with Crippen LogP contribution in [0.25, 0.3) is 0 Å². The van der Waals surface area contributed by atoms with Crippen LogP contribution >= 0.6 is 7.82 Å². The number of rotatable bonds is 55. The third-order valence-electron chi connectivity index (χ3n) is 12.8. The van der Waals surface area contributed by atoms with Crippen LogP contribution in [0.15, 0.2) is 109 Å². The summed E-state index contributed by atoms with van der Waals surface area (Å²) in [5.41, 5.74) is 0. The molecule has 76 heavy (non-hydrogen) atoms. The van der Waals surface area contributed by atoms with Gasteiger partial charge in [-0.1, -0.05) is 245 Å². The number of allylic oxidation sites excluding steroid dienone is 18. The van der Waals surface area contributed by atoms with Crippen molar-refractivity contribution in [2.24, 2.45) is 0 Å². The van der Waals surface area contributed by atoms with Crippen molar-refractivity contribution < 1.29 is 42.1 Å². The number of nitrogens with zero attached hydrogens (tertiary/aromatic N) is 1. The van der Waals surface area contributed by atoms with Gasteiger partial charge in [-0.25, -0.2) is 4.57 Å². The highest BCUT2D eigenvalue weighted by Gasteiger charge is 2.27. The molecule has 0 bridgehead atoms. The first-order valence-electron chi connectivity index (χ1n) is 30.6. The first-order chi connectivity index (χ1) is 37.0. The lowest BCUT2D eigenvalue weighted by Crippen LogP contribution is -2.37. The Bertz CT molecular complexity index is 1650. The second-order valence-electron chi connectivity index (χ2n) is 21.3. The van der Waals surface area contributed by atoms with Crippen LogP contribution < -0.4 is 0 Å². The molecule has 1 N–H and O–H groups in total. The van der Waals surface area contributed by atoms with Gasteiger partial charge < -0.3 is 18.9 Å². The van der Waals surface area contributed by atoms with Gasteiger partial charge in [-0.2, -0.15) is 0 Å². The van der Waals surface area contributed by atoms with Crippen LogP contribution in [0.4, 0.5) is 0 Å². The average molecular weight is 1080 g/mol. The van der Waals surface area contributed by atoms with Crippen molar-refractivity contribution in [1.82, 2.24) is 0 Å². The molecule has 0 aliphatic heterocycles. The Labute approximate surface area is 467 Å². The number of phosphoric acid groups is 1. The smallest absolute Gasteiger partial charge is 0.462 e. The number of likely N-dealkylation sites (N-methyl/N-ethyl adjacent to an activating group) is 1. The molecule has 0 heterocycles. The van der Waals surface area contributed by atoms with E-state index in [1.165, 1.54) is 109 Å². The fourth-order valence-corrected chi connectivity index (χ4v) is 8.89. The molecule has 2 atom stereocenters. The minimum Gasteiger partial charge on any atom is -0.462 e. The predicted octanol–water partition coefficient (Wildman–Crippen LogP) is 19.4. The molecular formula is C66H115NO8P+. The summed E-state index contributed by atoms with van der Waals surface area (Å²) in [7, 11) is 1.46. The number of quaternary nitrogens is 1. The van der Waals surface area contributed by atoms with Crippen molar-refractivity contribution in [2.45, 2.75) is 251 Å². The predicted molar refractivity (Wildman–Crippen MR) is 325 cm³/mol. The molecule has 0 aromatic heterocycles. The molecule has 0 aromatic rings. The molecule has 0 saturated carbocycles. The minimum absolute atomic E-state index is 0.0247. The highest BCUT2D eigenvalue weighted by atomic mass is 31.2. The molecule has 0 radical (unpaired) electrons. The van der Waals surface area contributed by atoms with Crippen molar-refractivity contribution in [1.29, 1.82) is 0 Å². The maximum atomic E-state index is 12.8. The van der Waals surface area contributed by atoms with Crippen LogP contribution in [0.3, 0.4) is 0 Å². The molecule has 0 aliphatic rings. The number of phosphoric ester groups is 1. The first-order valence-corrected chi connectivity index (χ1v) is 32.1. The zero-order chi connectivity index (χ0) is 55.6. The van der Waals surface area contributed by atoms with Gasteiger partial charge in [0, 0.05) is 12.8 Å². The summed E-state index contributed by atoms with van der Waals surface area (Å²) in [5, 5.41) is 0. The van der Waals surface area contributed by atoms with Crippen LogP contribution in [0.2, 0.25) is 0 Å². The zero-order valence-corrected chi connectivity index (χ0v) is 50.3. The van der Waals surface area contributed by atoms with E-state index in [2.05, 4.69) is 123 Å². The van der Waals surface area contributed by atoms with Crippen molar-refractivity contribution in [2.75, 3.05) is 47.5 Å². The highest BCUT2D eigenvalue weighted by Crippen LogP contribution is 2.43. The molecule has 10 heteroatoms. The number of unbranched alkanes of at least 4 members (excludes halogenated alkanes) is 23. The van der Waals surface area contributed by atoms with Crippen molar-refractivity contribution in [3.05, 3.63) is 109 Å². The van der Waals surface area contributed by atoms with Gasteiger partial charge in [0.15, 0.2) is 6.10 Å². The molecule has 0 spiro atoms. The minimum atomic E-state index is -4.40. The zero-order valence-electron chi connectivity index (χ0n) is 49.5. The van der Waals surface area contributed by atoms with Gasteiger partial charge in [-0.15, -0.1) is 0 Å². The number of esters is 2. The van der Waals surface area contributed by atoms with Gasteiger partial charge in [0.25, 0.3) is 0 Å². The van der Waals surface area contributed by atoms with E-state index in [1.54, 1.807) is 0 Å². The number of ether oxygens (including phenoxy) is 2. The Hall–Kier alpha value is -3.33. The van der Waals surface area contributed by atoms with Crippen LogP contribution in [0.5, 0.6) is 0 Å². The molecule has 0 amide bonds. The van der Waals surface area contributed by atoms with Crippen molar-refractivity contribution in [3.8, 4) is 0 Å². The van der Waals surface area contributed by atoms with Gasteiger partial charge in [0.2, 0.25) is 0 Å². The summed E-state index contributed by atoms with van der Waals surface area (Å²) < 4.78 is 34.6. The summed E-state index contributed by atoms with van der Waals surface area (Å²) in [5.74, 6) is -0.811. The summed E-state index contributed by atoms with van der Waals surface area (Å²) in [6, 6.07) is 0. The molecule has 0 saturated heterocycles. The topological polar surface area (TPSA) is 108 Å². The summed E-state index contributed by atoms with van der Waals surface area (Å²) >= 11 is 0. The number of hydrogen-bond donors (Lipinski definition) is 1. The van der Waals surface area contributed by atoms with Crippen LogP contribution in [-0.4, -0.2) is 74.9 Å². The Morgan fingerprint density at radius 1 is 0.408 bits per heavy atom. The Kier molecular flexibility index (Phi) is 53.9. The third kappa shape index (κ3) is 59.9. The molecule has 0 aromatic carbocycles. The van der Waals surface area contributed by atoms with Gasteiger partial charge in [-0.3, -0.25) is 18.6 Å². The number of hydrogen-bond acceptors (Lipinski definition) is 7. The normalized spacial score (nSPS) is 14.0. The maximum Gasteiger partial charge on any atom is 0.472 e. The molecule has 2 unspecified atom stereocenters. The average Bonchev–Trinajstić information content (AvgIpc) is 3.38. The van der Waals surface area contributed by atoms with Gasteiger partial charge >= 0.3 is 19.8 Å². The molecule has 9 nitrogen and oxygen atoms in total. The van der Waals surface area contributed by atoms with Gasteiger partial charge in [-0.05, 0) is 96.3 Å². The summed E-state index contributed by atoms with van der Waals surface area (Å²) in [6.07, 6.45) is 78.8. The molecular weight excluding hydrogens is 966 g/mol. The monoisotopic (exact) mass is 1080 g/mol. The highest BCUT2D eigenvalue weighted by molar-refractivity contribution is 7.47. The molecule has 0 fully saturated rings. The lowest BCUT2D eigenvalue weighted by Gasteiger charge is -2.24. The van der Waals surface area contributed by atoms with Crippen LogP contribution in [0.1, 0.15) is 245 Å². The van der Waals surface area contributed by atoms with E-state index < -0.39 is 26.5 Å². The summed E-state index contributed by atoms with van der Waals surface area (Å²) in [4.78, 5) is 35.8. The Balaban J connectivity index is 4.14. The van der Waals surface area contributed by atoms with Crippen molar-refractivity contribution in [3.63, 3.8) is 0 Å². The van der Waals surface area contributed by atoms with E-state index in [-0.39, 0.29) is 32.0 Å². The standard InChI is InChI=1S/C66H114NO8P/c1-6-8-10-12-14-16-18-20-22-24-26-28-30-31-32-33-34-35-37-38-40-42-44-46-48-50-52-54-56-58-65(68)72-62-64(63-74-76(70,71)73-61-60-67(3,4)5)75-66(69)59-57-55-53-51-49-47-45-43-41-39-36-29-27-25-23-21-19-17-15-13-11-9-7-2/h8-11,14-17,20-23,26-29,39,41,64H,6-7,12-13,18-19,24-25,30-38,40,42-63H2,1-5H3/p+1/b10-8-,11-9-,16-14-,17-15-,22-20-,23-21-,28-26-,29-27-,41-39-. The van der Waals surface area contributed by atoms with Crippen LogP contribution in [-0.2, 0) is 32.7 Å². The maximum absolute atomic E-state index is 12.8. The Morgan fingerprint density at radius 2 is 0.711 bits per heavy atom. The lowest BCUT2D eigenvalue weighted by molar-refractivity contribution is -0.870. The first kappa shape index (κ1) is 72.7. The van der Waals surface area contributed by atoms with E-state index in [0.29, 0.717) is 17.4 Å². The lowest BCUT2D eigenvalue weighted by atomic mass is 10.0. The largest absolute Gasteiger partial charge is 0.472 e. The molecule has 0 aliphatic carbocycles. The molecule has 436 valence electrons. The fourth-order valence-electron chi connectivity index (χ4n) is 8.15. The van der Waals surface area contributed by atoms with E-state index >= 15 is 0 Å². The van der Waals surface area contributed by atoms with Gasteiger partial charge in [0.05, 0.1) is 27.7 Å². The number of carbonyl (C=O) groups is 2. The second-order valence-corrected chi connectivity index (χ2v) is 22.8. The van der Waals surface area contributed by atoms with E-state index in [1.807, 2.05) is 21.1 Å². The van der Waals surface area contributed by atoms with Gasteiger partial charge in [0.1, 0.15) is 19.8 Å². The quantitative estimate of drug-likeness (QED) is 0.0211. The van der Waals surface area contributed by atoms with E-state index in [9.17, 15) is 19.0 Å². The van der Waals surface area contributed by atoms with Crippen molar-refractivity contribution >= 4 is 19.8 Å². The number of carbonyl (C=O) groups excluding carboxylic acids is 2. The third-order valence-corrected chi connectivity index (χ3v) is 13.8. The SMILES string of the molecule is CC/C=C\C/C=C\C/C=C\C/C=C\C/C=C\CCCCCCCCCC(=O)OC(COC(=O)CCCCCCCCCCCCCCCCCC/C=C\C/C=C\C/C=C\C/C=C\CC)COP(=O)(O)OCC[N+](C)(C)C. The molecule has 0 rings (SSSR count). The second kappa shape index (κ2) is 56.4. The summed E-state index contributed by atoms with van der Waals surface area (Å²) in [6.45, 7) is 4.20. The van der Waals surface area contributed by atoms with E-state index in [4.69, 9.17) is 18.5 Å². The Morgan fingerprint density at radius 3 is 1.05 bits per heavy atom.